The molecule has 1 aliphatic heterocycles. The maximum atomic E-state index is 11.1. The van der Waals surface area contributed by atoms with Gasteiger partial charge in [-0.25, -0.2) is 8.42 Å². The van der Waals surface area contributed by atoms with Crippen molar-refractivity contribution >= 4 is 15.8 Å². The van der Waals surface area contributed by atoms with E-state index in [1.807, 2.05) is 0 Å². The summed E-state index contributed by atoms with van der Waals surface area (Å²) in [5.41, 5.74) is -1.06. The second-order valence-electron chi connectivity index (χ2n) is 4.17. The van der Waals surface area contributed by atoms with Gasteiger partial charge >= 0.3 is 5.97 Å². The molecule has 1 fully saturated rings. The van der Waals surface area contributed by atoms with Gasteiger partial charge in [-0.2, -0.15) is 0 Å². The van der Waals surface area contributed by atoms with Crippen molar-refractivity contribution in [2.24, 2.45) is 0 Å². The van der Waals surface area contributed by atoms with Crippen LogP contribution in [-0.4, -0.2) is 42.6 Å². The van der Waals surface area contributed by atoms with Gasteiger partial charge in [0.25, 0.3) is 0 Å². The molecule has 0 saturated carbocycles. The highest BCUT2D eigenvalue weighted by atomic mass is 32.2. The van der Waals surface area contributed by atoms with Gasteiger partial charge < -0.3 is 5.11 Å². The molecular formula is C8H15NO4S. The Morgan fingerprint density at radius 2 is 2.07 bits per heavy atom. The summed E-state index contributed by atoms with van der Waals surface area (Å²) < 4.78 is 22.2. The molecule has 0 spiro atoms. The van der Waals surface area contributed by atoms with E-state index in [1.165, 1.54) is 13.8 Å². The van der Waals surface area contributed by atoms with Gasteiger partial charge in [-0.1, -0.05) is 0 Å². The lowest BCUT2D eigenvalue weighted by atomic mass is 10.0. The molecule has 5 nitrogen and oxygen atoms in total. The van der Waals surface area contributed by atoms with Gasteiger partial charge in [0.15, 0.2) is 9.84 Å². The van der Waals surface area contributed by atoms with Crippen LogP contribution in [0.15, 0.2) is 0 Å². The Morgan fingerprint density at radius 3 is 2.43 bits per heavy atom. The summed E-state index contributed by atoms with van der Waals surface area (Å²) in [5.74, 6) is -0.772. The van der Waals surface area contributed by atoms with Crippen LogP contribution in [0.25, 0.3) is 0 Å². The number of carbonyl (C=O) groups is 1. The number of hydrogen-bond acceptors (Lipinski definition) is 4. The monoisotopic (exact) mass is 221 g/mol. The first-order chi connectivity index (χ1) is 6.23. The molecule has 1 aliphatic rings. The molecule has 0 aromatic carbocycles. The van der Waals surface area contributed by atoms with E-state index in [1.54, 1.807) is 0 Å². The van der Waals surface area contributed by atoms with E-state index in [9.17, 15) is 13.2 Å². The number of carboxylic acid groups (broad SMARTS) is 1. The van der Waals surface area contributed by atoms with Crippen molar-refractivity contribution in [2.75, 3.05) is 11.5 Å². The highest BCUT2D eigenvalue weighted by Crippen LogP contribution is 2.15. The lowest BCUT2D eigenvalue weighted by Gasteiger charge is -2.24. The summed E-state index contributed by atoms with van der Waals surface area (Å²) in [6, 6.07) is -0.230. The van der Waals surface area contributed by atoms with Crippen LogP contribution < -0.4 is 5.32 Å². The Balaban J connectivity index is 2.60. The van der Waals surface area contributed by atoms with Crippen molar-refractivity contribution in [3.8, 4) is 0 Å². The van der Waals surface area contributed by atoms with Crippen LogP contribution in [0, 0.1) is 0 Å². The quantitative estimate of drug-likeness (QED) is 0.679. The summed E-state index contributed by atoms with van der Waals surface area (Å²) in [6.45, 7) is 3.06. The van der Waals surface area contributed by atoms with E-state index in [2.05, 4.69) is 5.32 Å². The number of aliphatic carboxylic acids is 1. The average Bonchev–Trinajstić information content (AvgIpc) is 2.28. The molecule has 1 saturated heterocycles. The summed E-state index contributed by atoms with van der Waals surface area (Å²) >= 11 is 0. The molecule has 1 rings (SSSR count). The Kier molecular flexibility index (Phi) is 2.87. The van der Waals surface area contributed by atoms with Crippen molar-refractivity contribution in [3.63, 3.8) is 0 Å². The molecule has 0 aliphatic carbocycles. The molecule has 0 radical (unpaired) electrons. The highest BCUT2D eigenvalue weighted by molar-refractivity contribution is 7.91. The van der Waals surface area contributed by atoms with E-state index >= 15 is 0 Å². The van der Waals surface area contributed by atoms with Gasteiger partial charge in [-0.3, -0.25) is 10.1 Å². The molecule has 82 valence electrons. The third-order valence-electron chi connectivity index (χ3n) is 2.33. The molecule has 2 N–H and O–H groups in total. The van der Waals surface area contributed by atoms with Gasteiger partial charge in [-0.05, 0) is 20.3 Å². The van der Waals surface area contributed by atoms with Crippen molar-refractivity contribution in [3.05, 3.63) is 0 Å². The lowest BCUT2D eigenvalue weighted by molar-refractivity contribution is -0.143. The molecule has 0 amide bonds. The minimum absolute atomic E-state index is 0.0453. The first-order valence-corrected chi connectivity index (χ1v) is 6.26. The first kappa shape index (κ1) is 11.5. The minimum atomic E-state index is -2.95. The predicted octanol–water partition coefficient (Wildman–Crippen LogP) is -0.374. The topological polar surface area (TPSA) is 83.5 Å². The van der Waals surface area contributed by atoms with Crippen molar-refractivity contribution < 1.29 is 18.3 Å². The number of sulfone groups is 1. The van der Waals surface area contributed by atoms with Gasteiger partial charge in [0.2, 0.25) is 0 Å². The van der Waals surface area contributed by atoms with Crippen LogP contribution in [-0.2, 0) is 14.6 Å². The molecular weight excluding hydrogens is 206 g/mol. The minimum Gasteiger partial charge on any atom is -0.480 e. The molecule has 14 heavy (non-hydrogen) atoms. The predicted molar refractivity (Wildman–Crippen MR) is 51.9 cm³/mol. The molecule has 1 heterocycles. The molecule has 0 aromatic rings. The van der Waals surface area contributed by atoms with Crippen LogP contribution in [0.5, 0.6) is 0 Å². The smallest absolute Gasteiger partial charge is 0.323 e. The molecule has 1 atom stereocenters. The number of carboxylic acids is 1. The number of nitrogens with one attached hydrogen (secondary N) is 1. The zero-order valence-corrected chi connectivity index (χ0v) is 9.10. The van der Waals surface area contributed by atoms with Gasteiger partial charge in [-0.15, -0.1) is 0 Å². The van der Waals surface area contributed by atoms with Crippen LogP contribution >= 0.6 is 0 Å². The zero-order valence-electron chi connectivity index (χ0n) is 8.28. The first-order valence-electron chi connectivity index (χ1n) is 4.44. The van der Waals surface area contributed by atoms with E-state index in [0.717, 1.165) is 0 Å². The van der Waals surface area contributed by atoms with Crippen LogP contribution in [0.3, 0.4) is 0 Å². The fourth-order valence-electron chi connectivity index (χ4n) is 1.48. The molecule has 1 unspecified atom stereocenters. The third kappa shape index (κ3) is 2.68. The lowest BCUT2D eigenvalue weighted by Crippen LogP contribution is -2.51. The van der Waals surface area contributed by atoms with Crippen molar-refractivity contribution in [1.82, 2.24) is 5.32 Å². The molecule has 6 heteroatoms. The fraction of sp³-hybridized carbons (Fsp3) is 0.875. The SMILES string of the molecule is CC(C)(NC1CCS(=O)(=O)C1)C(=O)O. The largest absolute Gasteiger partial charge is 0.480 e. The highest BCUT2D eigenvalue weighted by Gasteiger charge is 2.35. The van der Waals surface area contributed by atoms with Crippen LogP contribution in [0.4, 0.5) is 0 Å². The Bertz CT molecular complexity index is 333. The summed E-state index contributed by atoms with van der Waals surface area (Å²) in [5, 5.41) is 11.7. The molecule has 0 aromatic heterocycles. The summed E-state index contributed by atoms with van der Waals surface area (Å²) in [4.78, 5) is 10.8. The number of hydrogen-bond donors (Lipinski definition) is 2. The standard InChI is InChI=1S/C8H15NO4S/c1-8(2,7(10)11)9-6-3-4-14(12,13)5-6/h6,9H,3-5H2,1-2H3,(H,10,11). The Hall–Kier alpha value is -0.620. The van der Waals surface area contributed by atoms with E-state index in [4.69, 9.17) is 5.11 Å². The summed E-state index contributed by atoms with van der Waals surface area (Å²) in [6.07, 6.45) is 0.499. The van der Waals surface area contributed by atoms with Crippen molar-refractivity contribution in [1.29, 1.82) is 0 Å². The zero-order chi connectivity index (χ0) is 11.0. The maximum Gasteiger partial charge on any atom is 0.323 e. The average molecular weight is 221 g/mol. The van der Waals surface area contributed by atoms with E-state index < -0.39 is 21.3 Å². The molecule has 0 bridgehead atoms. The fourth-order valence-corrected chi connectivity index (χ4v) is 3.15. The Labute approximate surface area is 83.4 Å². The normalized spacial score (nSPS) is 26.3. The van der Waals surface area contributed by atoms with Crippen molar-refractivity contribution in [2.45, 2.75) is 31.8 Å². The van der Waals surface area contributed by atoms with E-state index in [-0.39, 0.29) is 17.5 Å². The number of rotatable bonds is 3. The van der Waals surface area contributed by atoms with Crippen LogP contribution in [0.2, 0.25) is 0 Å². The van der Waals surface area contributed by atoms with E-state index in [0.29, 0.717) is 6.42 Å². The summed E-state index contributed by atoms with van der Waals surface area (Å²) in [7, 11) is -2.95. The van der Waals surface area contributed by atoms with Gasteiger partial charge in [0, 0.05) is 6.04 Å². The van der Waals surface area contributed by atoms with Gasteiger partial charge in [0.1, 0.15) is 5.54 Å². The second kappa shape index (κ2) is 3.51. The van der Waals surface area contributed by atoms with Crippen LogP contribution in [0.1, 0.15) is 20.3 Å². The second-order valence-corrected chi connectivity index (χ2v) is 6.40. The maximum absolute atomic E-state index is 11.1. The third-order valence-corrected chi connectivity index (χ3v) is 4.10. The Morgan fingerprint density at radius 1 is 1.50 bits per heavy atom. The van der Waals surface area contributed by atoms with Gasteiger partial charge in [0.05, 0.1) is 11.5 Å².